The Kier molecular flexibility index (Phi) is 10.8. The normalized spacial score (nSPS) is 21.9. The van der Waals surface area contributed by atoms with Gasteiger partial charge in [-0.05, 0) is 84.7 Å². The van der Waals surface area contributed by atoms with Gasteiger partial charge >= 0.3 is 0 Å². The van der Waals surface area contributed by atoms with Crippen molar-refractivity contribution in [2.75, 3.05) is 50.8 Å². The lowest BCUT2D eigenvalue weighted by Crippen LogP contribution is -2.61. The number of carbonyl (C=O) groups excluding carboxylic acids is 1. The maximum absolute atomic E-state index is 14.3. The zero-order chi connectivity index (χ0) is 33.1. The van der Waals surface area contributed by atoms with E-state index in [1.807, 2.05) is 27.7 Å². The van der Waals surface area contributed by atoms with E-state index in [9.17, 15) is 17.6 Å². The highest BCUT2D eigenvalue weighted by Gasteiger charge is 2.46. The van der Waals surface area contributed by atoms with Crippen LogP contribution in [-0.4, -0.2) is 109 Å². The maximum atomic E-state index is 14.3. The number of rotatable bonds is 12. The molecule has 2 N–H and O–H groups in total. The van der Waals surface area contributed by atoms with Gasteiger partial charge in [-0.3, -0.25) is 4.79 Å². The molecule has 4 heterocycles. The summed E-state index contributed by atoms with van der Waals surface area (Å²) in [5.74, 6) is 0.0844. The Morgan fingerprint density at radius 1 is 1.17 bits per heavy atom. The molecule has 1 aromatic heterocycles. The summed E-state index contributed by atoms with van der Waals surface area (Å²) in [5.41, 5.74) is 0.284. The quantitative estimate of drug-likeness (QED) is 0.349. The third kappa shape index (κ3) is 8.11. The summed E-state index contributed by atoms with van der Waals surface area (Å²) in [6.07, 6.45) is 5.11. The van der Waals surface area contributed by atoms with Crippen LogP contribution in [0.4, 0.5) is 10.2 Å². The van der Waals surface area contributed by atoms with Crippen molar-refractivity contribution >= 4 is 21.9 Å². The highest BCUT2D eigenvalue weighted by molar-refractivity contribution is 7.87. The van der Waals surface area contributed by atoms with Crippen LogP contribution in [0, 0.1) is 11.2 Å². The van der Waals surface area contributed by atoms with E-state index in [1.165, 1.54) is 24.5 Å². The van der Waals surface area contributed by atoms with Crippen molar-refractivity contribution in [1.29, 1.82) is 0 Å². The van der Waals surface area contributed by atoms with Crippen molar-refractivity contribution in [3.05, 3.63) is 35.9 Å². The third-order valence-corrected chi connectivity index (χ3v) is 10.4. The number of anilines is 1. The number of amides is 1. The molecule has 254 valence electrons. The van der Waals surface area contributed by atoms with Crippen LogP contribution in [0.1, 0.15) is 70.7 Å². The van der Waals surface area contributed by atoms with Crippen LogP contribution in [0.3, 0.4) is 0 Å². The van der Waals surface area contributed by atoms with Crippen molar-refractivity contribution in [1.82, 2.24) is 34.4 Å². The van der Waals surface area contributed by atoms with E-state index in [-0.39, 0.29) is 52.7 Å². The molecule has 0 unspecified atom stereocenters. The van der Waals surface area contributed by atoms with Gasteiger partial charge in [0.15, 0.2) is 5.82 Å². The van der Waals surface area contributed by atoms with E-state index in [2.05, 4.69) is 34.4 Å². The largest absolute Gasteiger partial charge is 0.434 e. The lowest BCUT2D eigenvalue weighted by atomic mass is 9.72. The second-order valence-corrected chi connectivity index (χ2v) is 14.8. The van der Waals surface area contributed by atoms with Gasteiger partial charge in [-0.1, -0.05) is 6.92 Å². The van der Waals surface area contributed by atoms with Gasteiger partial charge in [-0.25, -0.2) is 14.1 Å². The number of hydrogen-bond donors (Lipinski definition) is 2. The van der Waals surface area contributed by atoms with Crippen molar-refractivity contribution in [2.45, 2.75) is 84.5 Å². The van der Waals surface area contributed by atoms with E-state index in [0.717, 1.165) is 58.4 Å². The molecule has 5 rings (SSSR count). The minimum Gasteiger partial charge on any atom is -0.434 e. The minimum absolute atomic E-state index is 0.0832. The highest BCUT2D eigenvalue weighted by atomic mass is 32.2. The Hall–Kier alpha value is -2.98. The van der Waals surface area contributed by atoms with Gasteiger partial charge < -0.3 is 24.2 Å². The number of aromatic nitrogens is 3. The predicted octanol–water partition coefficient (Wildman–Crippen LogP) is 2.96. The molecule has 3 saturated heterocycles. The van der Waals surface area contributed by atoms with E-state index >= 15 is 0 Å². The fraction of sp³-hybridized carbons (Fsp3) is 0.677. The summed E-state index contributed by atoms with van der Waals surface area (Å²) in [4.78, 5) is 24.2. The Labute approximate surface area is 271 Å². The molecule has 0 saturated carbocycles. The van der Waals surface area contributed by atoms with Crippen molar-refractivity contribution in [2.24, 2.45) is 5.41 Å². The molecule has 0 aliphatic carbocycles. The molecule has 3 aliphatic heterocycles. The first-order valence-electron chi connectivity index (χ1n) is 16.2. The second-order valence-electron chi connectivity index (χ2n) is 13.2. The van der Waals surface area contributed by atoms with Crippen LogP contribution in [-0.2, 0) is 14.9 Å². The van der Waals surface area contributed by atoms with Crippen LogP contribution in [0.25, 0.3) is 0 Å². The van der Waals surface area contributed by atoms with Crippen LogP contribution in [0.15, 0.2) is 24.5 Å². The number of carbonyl (C=O) groups is 1. The summed E-state index contributed by atoms with van der Waals surface area (Å²) in [6.45, 7) is 14.5. The summed E-state index contributed by atoms with van der Waals surface area (Å²) in [6, 6.07) is 3.54. The van der Waals surface area contributed by atoms with E-state index in [0.29, 0.717) is 19.0 Å². The molecule has 13 nitrogen and oxygen atoms in total. The number of ether oxygens (including phenoxy) is 2. The van der Waals surface area contributed by atoms with Crippen molar-refractivity contribution in [3.63, 3.8) is 0 Å². The number of halogens is 1. The molecule has 0 bridgehead atoms. The van der Waals surface area contributed by atoms with Gasteiger partial charge in [0.25, 0.3) is 22.0 Å². The lowest BCUT2D eigenvalue weighted by Gasteiger charge is -2.54. The average molecular weight is 663 g/mol. The second kappa shape index (κ2) is 14.4. The Morgan fingerprint density at radius 2 is 1.89 bits per heavy atom. The Balaban J connectivity index is 1.15. The average Bonchev–Trinajstić information content (AvgIpc) is 2.98. The highest BCUT2D eigenvalue weighted by Crippen LogP contribution is 2.44. The van der Waals surface area contributed by atoms with Crippen LogP contribution in [0.2, 0.25) is 0 Å². The van der Waals surface area contributed by atoms with Crippen LogP contribution < -0.4 is 19.1 Å². The molecule has 3 aliphatic rings. The first-order chi connectivity index (χ1) is 21.9. The molecule has 3 fully saturated rings. The molecule has 15 heteroatoms. The molecule has 1 aromatic carbocycles. The smallest absolute Gasteiger partial charge is 0.282 e. The monoisotopic (exact) mass is 662 g/mol. The van der Waals surface area contributed by atoms with E-state index < -0.39 is 16.0 Å². The van der Waals surface area contributed by atoms with E-state index in [4.69, 9.17) is 9.47 Å². The summed E-state index contributed by atoms with van der Waals surface area (Å²) in [5, 5.41) is 8.13. The number of piperidine rings is 1. The third-order valence-electron chi connectivity index (χ3n) is 9.05. The molecule has 2 aromatic rings. The standard InChI is InChI=1S/C31H47FN8O5S/c1-6-35-46(42,43)37-24-8-9-25(44-17-24)16-38-13-11-31(12-14-38)18-39(19-31)28-29(36-34-20-33-28)45-27-10-7-23(32)15-26(27)30(41)40(21(2)3)22(4)5/h7,10,15,20-22,24-25,35,37H,6,8-9,11-14,16-19H2,1-5H3/t24-,25+/m1/s1. The Morgan fingerprint density at radius 3 is 2.52 bits per heavy atom. The van der Waals surface area contributed by atoms with Gasteiger partial charge in [0.05, 0.1) is 18.3 Å². The SMILES string of the molecule is CCNS(=O)(=O)N[C@@H]1CC[C@@H](CN2CCC3(CC2)CN(c2ncnnc2Oc2ccc(F)cc2C(=O)N(C(C)C)C(C)C)C3)OC1. The van der Waals surface area contributed by atoms with E-state index in [1.54, 1.807) is 11.8 Å². The van der Waals surface area contributed by atoms with Crippen molar-refractivity contribution in [3.8, 4) is 11.6 Å². The first-order valence-corrected chi connectivity index (χ1v) is 17.7. The van der Waals surface area contributed by atoms with Gasteiger partial charge in [0.2, 0.25) is 0 Å². The van der Waals surface area contributed by atoms with Gasteiger partial charge in [0.1, 0.15) is 17.9 Å². The molecule has 1 amide bonds. The van der Waals surface area contributed by atoms with Gasteiger partial charge in [0, 0.05) is 49.7 Å². The number of likely N-dealkylation sites (tertiary alicyclic amines) is 1. The molecular weight excluding hydrogens is 615 g/mol. The zero-order valence-electron chi connectivity index (χ0n) is 27.4. The molecular formula is C31H47FN8O5S. The van der Waals surface area contributed by atoms with Crippen LogP contribution in [0.5, 0.6) is 11.6 Å². The summed E-state index contributed by atoms with van der Waals surface area (Å²) in [7, 11) is -3.49. The van der Waals surface area contributed by atoms with Crippen molar-refractivity contribution < 1.29 is 27.1 Å². The predicted molar refractivity (Wildman–Crippen MR) is 172 cm³/mol. The lowest BCUT2D eigenvalue weighted by molar-refractivity contribution is -0.0299. The fourth-order valence-electron chi connectivity index (χ4n) is 6.83. The van der Waals surface area contributed by atoms with Gasteiger partial charge in [-0.15, -0.1) is 10.2 Å². The Bertz CT molecular complexity index is 1450. The topological polar surface area (TPSA) is 142 Å². The summed E-state index contributed by atoms with van der Waals surface area (Å²) < 4.78 is 55.6. The number of nitrogens with one attached hydrogen (secondary N) is 2. The molecule has 1 spiro atoms. The fourth-order valence-corrected chi connectivity index (χ4v) is 7.92. The summed E-state index contributed by atoms with van der Waals surface area (Å²) >= 11 is 0. The zero-order valence-corrected chi connectivity index (χ0v) is 28.2. The first kappa shape index (κ1) is 34.4. The molecule has 2 atom stereocenters. The number of hydrogen-bond acceptors (Lipinski definition) is 10. The maximum Gasteiger partial charge on any atom is 0.282 e. The van der Waals surface area contributed by atoms with Crippen LogP contribution >= 0.6 is 0 Å². The minimum atomic E-state index is -3.49. The molecule has 0 radical (unpaired) electrons. The molecule has 46 heavy (non-hydrogen) atoms. The van der Waals surface area contributed by atoms with Gasteiger partial charge in [-0.2, -0.15) is 13.1 Å². The number of benzene rings is 1. The number of nitrogens with zero attached hydrogens (tertiary/aromatic N) is 6.